The first-order valence-electron chi connectivity index (χ1n) is 10.4. The van der Waals surface area contributed by atoms with Gasteiger partial charge >= 0.3 is 0 Å². The maximum Gasteiger partial charge on any atom is 0.285 e. The second-order valence-corrected chi connectivity index (χ2v) is 8.97. The molecule has 0 saturated carbocycles. The minimum absolute atomic E-state index is 0.0754. The summed E-state index contributed by atoms with van der Waals surface area (Å²) in [6.07, 6.45) is 5.74. The van der Waals surface area contributed by atoms with Crippen LogP contribution in [0.15, 0.2) is 39.9 Å². The van der Waals surface area contributed by atoms with Crippen LogP contribution in [0.3, 0.4) is 0 Å². The number of pyridine rings is 1. The lowest BCUT2D eigenvalue weighted by molar-refractivity contribution is 0.0886. The molecule has 1 aliphatic rings. The largest absolute Gasteiger partial charge is 0.481 e. The summed E-state index contributed by atoms with van der Waals surface area (Å²) < 4.78 is 11.4. The average Bonchev–Trinajstić information content (AvgIpc) is 3.30. The molecule has 2 N–H and O–H groups in total. The van der Waals surface area contributed by atoms with Crippen LogP contribution in [-0.4, -0.2) is 56.8 Å². The molecule has 0 aliphatic carbocycles. The minimum atomic E-state index is -1.87. The standard InChI is InChI=1S/C21H25N4O6P/c1-30-17-11-15-13-22-25(18(26)12-16-3-2-9-31-16)21(27)19(15)20(23-17)24-7-4-14(5-8-24)6-10-32(28)29/h2-3,9,11,13-14,28-29H,4-8,10,12H2,1H3. The van der Waals surface area contributed by atoms with Crippen molar-refractivity contribution < 1.29 is 23.7 Å². The molecule has 3 aromatic heterocycles. The first-order chi connectivity index (χ1) is 15.5. The number of aromatic nitrogens is 3. The number of fused-ring (bicyclic) bond motifs is 1. The molecule has 0 aromatic carbocycles. The van der Waals surface area contributed by atoms with Crippen LogP contribution in [0.4, 0.5) is 5.82 Å². The van der Waals surface area contributed by atoms with Gasteiger partial charge in [0.1, 0.15) is 11.6 Å². The Bertz CT molecular complexity index is 1140. The number of carbonyl (C=O) groups excluding carboxylic acids is 1. The SMILES string of the molecule is COc1cc2cnn(C(=O)Cc3ccco3)c(=O)c2c(N2CCC(CCP(O)O)CC2)n1. The van der Waals surface area contributed by atoms with Crippen LogP contribution < -0.4 is 15.2 Å². The number of anilines is 1. The smallest absolute Gasteiger partial charge is 0.285 e. The van der Waals surface area contributed by atoms with E-state index in [-0.39, 0.29) is 6.42 Å². The van der Waals surface area contributed by atoms with Gasteiger partial charge in [0.05, 0.1) is 31.4 Å². The summed E-state index contributed by atoms with van der Waals surface area (Å²) in [5, 5.41) is 4.94. The maximum atomic E-state index is 13.3. The van der Waals surface area contributed by atoms with Crippen LogP contribution in [0.1, 0.15) is 29.8 Å². The van der Waals surface area contributed by atoms with Crippen molar-refractivity contribution in [3.05, 3.63) is 46.8 Å². The second-order valence-electron chi connectivity index (χ2n) is 7.78. The zero-order valence-electron chi connectivity index (χ0n) is 17.7. The molecule has 0 amide bonds. The van der Waals surface area contributed by atoms with Gasteiger partial charge in [-0.05, 0) is 37.3 Å². The molecule has 4 heterocycles. The first-order valence-corrected chi connectivity index (χ1v) is 11.8. The number of carbonyl (C=O) groups is 1. The van der Waals surface area contributed by atoms with Gasteiger partial charge in [-0.25, -0.2) is 0 Å². The van der Waals surface area contributed by atoms with E-state index >= 15 is 0 Å². The van der Waals surface area contributed by atoms with E-state index in [1.807, 2.05) is 4.90 Å². The maximum absolute atomic E-state index is 13.3. The third-order valence-corrected chi connectivity index (χ3v) is 6.39. The Morgan fingerprint density at radius 2 is 2.12 bits per heavy atom. The lowest BCUT2D eigenvalue weighted by atomic mass is 9.94. The van der Waals surface area contributed by atoms with E-state index in [4.69, 9.17) is 9.15 Å². The highest BCUT2D eigenvalue weighted by atomic mass is 31.2. The number of piperidine rings is 1. The van der Waals surface area contributed by atoms with Gasteiger partial charge in [-0.2, -0.15) is 14.8 Å². The fourth-order valence-electron chi connectivity index (χ4n) is 4.01. The summed E-state index contributed by atoms with van der Waals surface area (Å²) in [6, 6.07) is 4.98. The van der Waals surface area contributed by atoms with Gasteiger partial charge in [-0.15, -0.1) is 0 Å². The Kier molecular flexibility index (Phi) is 6.83. The van der Waals surface area contributed by atoms with Crippen molar-refractivity contribution in [2.45, 2.75) is 25.7 Å². The van der Waals surface area contributed by atoms with Gasteiger partial charge in [0.15, 0.2) is 8.38 Å². The molecule has 170 valence electrons. The number of furan rings is 1. The third-order valence-electron chi connectivity index (χ3n) is 5.73. The lowest BCUT2D eigenvalue weighted by Gasteiger charge is -2.33. The highest BCUT2D eigenvalue weighted by Crippen LogP contribution is 2.33. The van der Waals surface area contributed by atoms with Gasteiger partial charge in [0.25, 0.3) is 11.5 Å². The van der Waals surface area contributed by atoms with Crippen LogP contribution >= 0.6 is 8.38 Å². The molecule has 0 bridgehead atoms. The Hall–Kier alpha value is -2.81. The third kappa shape index (κ3) is 4.82. The quantitative estimate of drug-likeness (QED) is 0.509. The van der Waals surface area contributed by atoms with E-state index < -0.39 is 19.8 Å². The molecule has 32 heavy (non-hydrogen) atoms. The Morgan fingerprint density at radius 3 is 2.78 bits per heavy atom. The number of ether oxygens (including phenoxy) is 1. The average molecular weight is 460 g/mol. The summed E-state index contributed by atoms with van der Waals surface area (Å²) >= 11 is 0. The topological polar surface area (TPSA) is 131 Å². The van der Waals surface area contributed by atoms with Gasteiger partial charge in [0, 0.05) is 30.7 Å². The lowest BCUT2D eigenvalue weighted by Crippen LogP contribution is -2.36. The molecule has 1 fully saturated rings. The summed E-state index contributed by atoms with van der Waals surface area (Å²) in [6.45, 7) is 1.33. The Balaban J connectivity index is 1.65. The van der Waals surface area contributed by atoms with Gasteiger partial charge in [-0.1, -0.05) is 0 Å². The number of rotatable bonds is 7. The minimum Gasteiger partial charge on any atom is -0.481 e. The van der Waals surface area contributed by atoms with Crippen molar-refractivity contribution >= 4 is 30.9 Å². The molecule has 10 nitrogen and oxygen atoms in total. The molecule has 1 saturated heterocycles. The zero-order valence-corrected chi connectivity index (χ0v) is 18.6. The van der Waals surface area contributed by atoms with Crippen molar-refractivity contribution in [3.8, 4) is 5.88 Å². The fourth-order valence-corrected chi connectivity index (χ4v) is 4.60. The summed E-state index contributed by atoms with van der Waals surface area (Å²) in [4.78, 5) is 50.9. The first kappa shape index (κ1) is 22.4. The Labute approximate surface area is 185 Å². The summed E-state index contributed by atoms with van der Waals surface area (Å²) in [7, 11) is -0.365. The molecule has 0 unspecified atom stereocenters. The van der Waals surface area contributed by atoms with Crippen molar-refractivity contribution in [1.29, 1.82) is 0 Å². The van der Waals surface area contributed by atoms with Crippen LogP contribution in [0.25, 0.3) is 10.8 Å². The van der Waals surface area contributed by atoms with Gasteiger partial charge < -0.3 is 23.8 Å². The normalized spacial score (nSPS) is 14.9. The number of hydrogen-bond donors (Lipinski definition) is 2. The zero-order chi connectivity index (χ0) is 22.7. The number of hydrogen-bond acceptors (Lipinski definition) is 9. The molecular formula is C21H25N4O6P. The van der Waals surface area contributed by atoms with Gasteiger partial charge in [0.2, 0.25) is 5.88 Å². The summed E-state index contributed by atoms with van der Waals surface area (Å²) in [5.41, 5.74) is -0.530. The van der Waals surface area contributed by atoms with Crippen LogP contribution in [-0.2, 0) is 6.42 Å². The molecule has 0 radical (unpaired) electrons. The van der Waals surface area contributed by atoms with E-state index in [1.165, 1.54) is 19.6 Å². The fraction of sp³-hybridized carbons (Fsp3) is 0.429. The number of methoxy groups -OCH3 is 1. The van der Waals surface area contributed by atoms with Crippen molar-refractivity contribution in [2.24, 2.45) is 5.92 Å². The predicted molar refractivity (Wildman–Crippen MR) is 119 cm³/mol. The van der Waals surface area contributed by atoms with E-state index in [1.54, 1.807) is 18.2 Å². The molecular weight excluding hydrogens is 435 g/mol. The van der Waals surface area contributed by atoms with Crippen molar-refractivity contribution in [3.63, 3.8) is 0 Å². The van der Waals surface area contributed by atoms with E-state index in [2.05, 4.69) is 10.1 Å². The van der Waals surface area contributed by atoms with Crippen molar-refractivity contribution in [2.75, 3.05) is 31.3 Å². The highest BCUT2D eigenvalue weighted by Gasteiger charge is 2.25. The molecule has 1 aliphatic heterocycles. The molecule has 3 aromatic rings. The monoisotopic (exact) mass is 460 g/mol. The molecule has 11 heteroatoms. The van der Waals surface area contributed by atoms with Crippen LogP contribution in [0.5, 0.6) is 5.88 Å². The highest BCUT2D eigenvalue weighted by molar-refractivity contribution is 7.45. The van der Waals surface area contributed by atoms with Crippen molar-refractivity contribution in [1.82, 2.24) is 14.8 Å². The molecule has 0 spiro atoms. The van der Waals surface area contributed by atoms with Crippen LogP contribution in [0, 0.1) is 5.92 Å². The number of nitrogens with zero attached hydrogens (tertiary/aromatic N) is 4. The van der Waals surface area contributed by atoms with Gasteiger partial charge in [-0.3, -0.25) is 9.59 Å². The van der Waals surface area contributed by atoms with E-state index in [9.17, 15) is 19.4 Å². The summed E-state index contributed by atoms with van der Waals surface area (Å²) in [5.74, 6) is 1.18. The van der Waals surface area contributed by atoms with E-state index in [0.717, 1.165) is 23.9 Å². The molecule has 0 atom stereocenters. The second kappa shape index (κ2) is 9.77. The Morgan fingerprint density at radius 1 is 1.34 bits per heavy atom. The molecule has 4 rings (SSSR count). The van der Waals surface area contributed by atoms with Crippen LogP contribution in [0.2, 0.25) is 0 Å². The predicted octanol–water partition coefficient (Wildman–Crippen LogP) is 2.18. The van der Waals surface area contributed by atoms with E-state index in [0.29, 0.717) is 53.4 Å².